The van der Waals surface area contributed by atoms with Crippen molar-refractivity contribution in [2.45, 2.75) is 45.6 Å². The highest BCUT2D eigenvalue weighted by Gasteiger charge is 2.25. The van der Waals surface area contributed by atoms with Crippen molar-refractivity contribution in [2.24, 2.45) is 0 Å². The summed E-state index contributed by atoms with van der Waals surface area (Å²) in [5.74, 6) is -1.56. The summed E-state index contributed by atoms with van der Waals surface area (Å²) in [6.07, 6.45) is 3.00. The van der Waals surface area contributed by atoms with Gasteiger partial charge in [0, 0.05) is 25.6 Å². The Morgan fingerprint density at radius 1 is 1.21 bits per heavy atom. The first-order chi connectivity index (χ1) is 11.5. The fourth-order valence-electron chi connectivity index (χ4n) is 2.22. The van der Waals surface area contributed by atoms with Gasteiger partial charge in [-0.2, -0.15) is 0 Å². The molecule has 0 aliphatic carbocycles. The molecular formula is C16H24N2O4S2. The number of nitrogens with zero attached hydrogens (tertiary/aromatic N) is 1. The lowest BCUT2D eigenvalue weighted by atomic mass is 10.1. The van der Waals surface area contributed by atoms with Gasteiger partial charge >= 0.3 is 5.97 Å². The molecule has 134 valence electrons. The third kappa shape index (κ3) is 7.44. The molecule has 8 heteroatoms. The van der Waals surface area contributed by atoms with Gasteiger partial charge in [0.1, 0.15) is 6.04 Å². The lowest BCUT2D eigenvalue weighted by molar-refractivity contribution is -0.139. The van der Waals surface area contributed by atoms with Crippen LogP contribution < -0.4 is 5.32 Å². The van der Waals surface area contributed by atoms with Crippen LogP contribution in [0.2, 0.25) is 0 Å². The SMILES string of the molecule is CCCN(CCC)C(=O)C(CCC(=O)O)NC(=O)C=C1SC=CS1. The van der Waals surface area contributed by atoms with Crippen LogP contribution in [0, 0.1) is 0 Å². The van der Waals surface area contributed by atoms with Crippen molar-refractivity contribution in [1.29, 1.82) is 0 Å². The van der Waals surface area contributed by atoms with E-state index in [1.165, 1.54) is 29.6 Å². The molecule has 0 bridgehead atoms. The van der Waals surface area contributed by atoms with Gasteiger partial charge in [0.2, 0.25) is 11.8 Å². The average Bonchev–Trinajstić information content (AvgIpc) is 3.03. The maximum Gasteiger partial charge on any atom is 0.303 e. The topological polar surface area (TPSA) is 86.7 Å². The molecule has 1 heterocycles. The zero-order chi connectivity index (χ0) is 17.9. The van der Waals surface area contributed by atoms with Gasteiger partial charge in [0.05, 0.1) is 4.24 Å². The number of aliphatic carboxylic acids is 1. The zero-order valence-corrected chi connectivity index (χ0v) is 15.6. The number of carbonyl (C=O) groups is 3. The average molecular weight is 373 g/mol. The fourth-order valence-corrected chi connectivity index (χ4v) is 3.84. The van der Waals surface area contributed by atoms with Crippen LogP contribution in [0.4, 0.5) is 0 Å². The Kier molecular flexibility index (Phi) is 9.63. The standard InChI is InChI=1S/C16H24N2O4S2/c1-3-7-18(8-4-2)16(22)12(5-6-14(20)21)17-13(19)11-15-23-9-10-24-15/h9-12H,3-8H2,1-2H3,(H,17,19)(H,20,21). The van der Waals surface area contributed by atoms with Crippen LogP contribution in [0.15, 0.2) is 21.1 Å². The van der Waals surface area contributed by atoms with Crippen molar-refractivity contribution < 1.29 is 19.5 Å². The summed E-state index contributed by atoms with van der Waals surface area (Å²) in [6.45, 7) is 5.16. The van der Waals surface area contributed by atoms with Crippen molar-refractivity contribution >= 4 is 41.3 Å². The van der Waals surface area contributed by atoms with Crippen LogP contribution in [0.1, 0.15) is 39.5 Å². The van der Waals surface area contributed by atoms with Gasteiger partial charge in [0.25, 0.3) is 0 Å². The van der Waals surface area contributed by atoms with E-state index in [2.05, 4.69) is 5.32 Å². The van der Waals surface area contributed by atoms with Gasteiger partial charge in [-0.25, -0.2) is 0 Å². The molecule has 0 saturated heterocycles. The van der Waals surface area contributed by atoms with E-state index in [0.29, 0.717) is 13.1 Å². The van der Waals surface area contributed by atoms with E-state index in [9.17, 15) is 14.4 Å². The number of hydrogen-bond acceptors (Lipinski definition) is 5. The van der Waals surface area contributed by atoms with E-state index >= 15 is 0 Å². The van der Waals surface area contributed by atoms with Crippen molar-refractivity contribution in [3.63, 3.8) is 0 Å². The first-order valence-corrected chi connectivity index (χ1v) is 9.75. The van der Waals surface area contributed by atoms with Crippen LogP contribution in [0.25, 0.3) is 0 Å². The molecule has 0 aromatic rings. The molecule has 0 aromatic heterocycles. The Hall–Kier alpha value is -1.41. The van der Waals surface area contributed by atoms with E-state index in [-0.39, 0.29) is 24.7 Å². The molecule has 2 amide bonds. The third-order valence-corrected chi connectivity index (χ3v) is 5.23. The summed E-state index contributed by atoms with van der Waals surface area (Å²) < 4.78 is 0.830. The van der Waals surface area contributed by atoms with Crippen molar-refractivity contribution in [3.05, 3.63) is 21.1 Å². The number of carbonyl (C=O) groups excluding carboxylic acids is 2. The molecular weight excluding hydrogens is 348 g/mol. The highest BCUT2D eigenvalue weighted by atomic mass is 32.2. The molecule has 0 aromatic carbocycles. The summed E-state index contributed by atoms with van der Waals surface area (Å²) >= 11 is 2.88. The number of thioether (sulfide) groups is 2. The van der Waals surface area contributed by atoms with E-state index < -0.39 is 12.0 Å². The summed E-state index contributed by atoms with van der Waals surface area (Å²) in [5, 5.41) is 15.3. The lowest BCUT2D eigenvalue weighted by Crippen LogP contribution is -2.49. The van der Waals surface area contributed by atoms with Crippen LogP contribution >= 0.6 is 23.5 Å². The summed E-state index contributed by atoms with van der Waals surface area (Å²) in [7, 11) is 0. The Balaban J connectivity index is 2.76. The Morgan fingerprint density at radius 3 is 2.29 bits per heavy atom. The Labute approximate surface area is 151 Å². The molecule has 0 fully saturated rings. The quantitative estimate of drug-likeness (QED) is 0.574. The largest absolute Gasteiger partial charge is 0.481 e. The monoisotopic (exact) mass is 372 g/mol. The van der Waals surface area contributed by atoms with E-state index in [0.717, 1.165) is 17.1 Å². The molecule has 6 nitrogen and oxygen atoms in total. The molecule has 1 aliphatic rings. The normalized spacial score (nSPS) is 14.3. The van der Waals surface area contributed by atoms with Crippen LogP contribution in [0.5, 0.6) is 0 Å². The van der Waals surface area contributed by atoms with Gasteiger partial charge in [-0.15, -0.1) is 0 Å². The van der Waals surface area contributed by atoms with E-state index in [1.54, 1.807) is 4.90 Å². The minimum atomic E-state index is -0.982. The minimum Gasteiger partial charge on any atom is -0.481 e. The first kappa shape index (κ1) is 20.6. The molecule has 0 spiro atoms. The van der Waals surface area contributed by atoms with Gasteiger partial charge in [-0.1, -0.05) is 37.4 Å². The third-order valence-electron chi connectivity index (χ3n) is 3.23. The van der Waals surface area contributed by atoms with Gasteiger partial charge in [0.15, 0.2) is 0 Å². The lowest BCUT2D eigenvalue weighted by Gasteiger charge is -2.27. The van der Waals surface area contributed by atoms with Crippen molar-refractivity contribution in [1.82, 2.24) is 10.2 Å². The van der Waals surface area contributed by atoms with Crippen LogP contribution in [-0.2, 0) is 14.4 Å². The van der Waals surface area contributed by atoms with Gasteiger partial charge < -0.3 is 15.3 Å². The van der Waals surface area contributed by atoms with E-state index in [4.69, 9.17) is 5.11 Å². The molecule has 1 rings (SSSR count). The molecule has 1 aliphatic heterocycles. The second-order valence-corrected chi connectivity index (χ2v) is 7.44. The number of carboxylic acids is 1. The predicted molar refractivity (Wildman–Crippen MR) is 98.4 cm³/mol. The maximum atomic E-state index is 12.7. The highest BCUT2D eigenvalue weighted by molar-refractivity contribution is 8.27. The minimum absolute atomic E-state index is 0.0888. The molecule has 1 unspecified atom stereocenters. The second-order valence-electron chi connectivity index (χ2n) is 5.29. The van der Waals surface area contributed by atoms with Crippen LogP contribution in [0.3, 0.4) is 0 Å². The Morgan fingerprint density at radius 2 is 1.79 bits per heavy atom. The zero-order valence-electron chi connectivity index (χ0n) is 14.0. The first-order valence-electron chi connectivity index (χ1n) is 7.99. The molecule has 0 saturated carbocycles. The summed E-state index contributed by atoms with van der Waals surface area (Å²) in [6, 6.07) is -0.812. The number of carboxylic acid groups (broad SMARTS) is 1. The number of amides is 2. The van der Waals surface area contributed by atoms with E-state index in [1.807, 2.05) is 24.7 Å². The van der Waals surface area contributed by atoms with Gasteiger partial charge in [-0.05, 0) is 30.1 Å². The highest BCUT2D eigenvalue weighted by Crippen LogP contribution is 2.36. The number of nitrogens with one attached hydrogen (secondary N) is 1. The van der Waals surface area contributed by atoms with Crippen molar-refractivity contribution in [3.8, 4) is 0 Å². The van der Waals surface area contributed by atoms with Gasteiger partial charge in [-0.3, -0.25) is 14.4 Å². The summed E-state index contributed by atoms with van der Waals surface area (Å²) in [5.41, 5.74) is 0. The molecule has 2 N–H and O–H groups in total. The number of hydrogen-bond donors (Lipinski definition) is 2. The van der Waals surface area contributed by atoms with Crippen molar-refractivity contribution in [2.75, 3.05) is 13.1 Å². The fraction of sp³-hybridized carbons (Fsp3) is 0.562. The maximum absolute atomic E-state index is 12.7. The molecule has 1 atom stereocenters. The molecule has 0 radical (unpaired) electrons. The second kappa shape index (κ2) is 11.2. The number of rotatable bonds is 10. The Bertz CT molecular complexity index is 504. The van der Waals surface area contributed by atoms with Crippen LogP contribution in [-0.4, -0.2) is 46.9 Å². The predicted octanol–water partition coefficient (Wildman–Crippen LogP) is 2.78. The smallest absolute Gasteiger partial charge is 0.303 e. The molecule has 24 heavy (non-hydrogen) atoms. The summed E-state index contributed by atoms with van der Waals surface area (Å²) in [4.78, 5) is 37.4.